The smallest absolute Gasteiger partial charge is 0.254 e. The van der Waals surface area contributed by atoms with E-state index in [0.29, 0.717) is 23.1 Å². The minimum Gasteiger partial charge on any atom is -0.351 e. The minimum absolute atomic E-state index is 0.166. The van der Waals surface area contributed by atoms with Crippen LogP contribution in [0.3, 0.4) is 0 Å². The Morgan fingerprint density at radius 2 is 2.50 bits per heavy atom. The van der Waals surface area contributed by atoms with E-state index in [4.69, 9.17) is 6.42 Å². The second-order valence-corrected chi connectivity index (χ2v) is 3.30. The van der Waals surface area contributed by atoms with Gasteiger partial charge in [-0.25, -0.2) is 4.98 Å². The Morgan fingerprint density at radius 1 is 1.71 bits per heavy atom. The maximum absolute atomic E-state index is 11.5. The van der Waals surface area contributed by atoms with Gasteiger partial charge in [-0.1, -0.05) is 0 Å². The van der Waals surface area contributed by atoms with Gasteiger partial charge in [0.15, 0.2) is 0 Å². The van der Waals surface area contributed by atoms with Crippen molar-refractivity contribution >= 4 is 21.8 Å². The summed E-state index contributed by atoms with van der Waals surface area (Å²) in [5.41, 5.74) is 0.518. The molecule has 0 aliphatic heterocycles. The lowest BCUT2D eigenvalue weighted by Crippen LogP contribution is -2.24. The number of halogens is 1. The molecule has 0 fully saturated rings. The van der Waals surface area contributed by atoms with Gasteiger partial charge in [0.1, 0.15) is 4.60 Å². The summed E-state index contributed by atoms with van der Waals surface area (Å²) in [5, 5.41) is 2.69. The molecule has 14 heavy (non-hydrogen) atoms. The van der Waals surface area contributed by atoms with Crippen LogP contribution in [0.25, 0.3) is 0 Å². The molecule has 0 spiro atoms. The fraction of sp³-hybridized carbons (Fsp3) is 0.200. The van der Waals surface area contributed by atoms with Crippen LogP contribution in [-0.4, -0.2) is 17.4 Å². The minimum atomic E-state index is -0.166. The number of pyridine rings is 1. The Kier molecular flexibility index (Phi) is 4.14. The molecule has 0 atom stereocenters. The molecule has 0 bridgehead atoms. The number of carbonyl (C=O) groups is 1. The third-order valence-corrected chi connectivity index (χ3v) is 2.19. The van der Waals surface area contributed by atoms with E-state index in [0.717, 1.165) is 0 Å². The van der Waals surface area contributed by atoms with E-state index in [1.165, 1.54) is 0 Å². The van der Waals surface area contributed by atoms with Crippen molar-refractivity contribution < 1.29 is 4.79 Å². The van der Waals surface area contributed by atoms with Gasteiger partial charge in [0, 0.05) is 19.2 Å². The molecule has 0 saturated heterocycles. The standard InChI is InChI=1S/C10H9BrN2O/c1-2-3-6-13-10(14)8-5-4-7-12-9(8)11/h1,4-5,7H,3,6H2,(H,13,14). The summed E-state index contributed by atoms with van der Waals surface area (Å²) in [5.74, 6) is 2.28. The van der Waals surface area contributed by atoms with Crippen LogP contribution in [0.2, 0.25) is 0 Å². The van der Waals surface area contributed by atoms with Crippen LogP contribution in [0.15, 0.2) is 22.9 Å². The number of nitrogens with zero attached hydrogens (tertiary/aromatic N) is 1. The molecule has 0 aromatic carbocycles. The van der Waals surface area contributed by atoms with Crippen molar-refractivity contribution in [2.24, 2.45) is 0 Å². The molecule has 1 N–H and O–H groups in total. The first-order chi connectivity index (χ1) is 6.75. The molecule has 1 amide bonds. The molecular formula is C10H9BrN2O. The molecule has 0 unspecified atom stereocenters. The van der Waals surface area contributed by atoms with Gasteiger partial charge in [0.25, 0.3) is 5.91 Å². The first-order valence-electron chi connectivity index (χ1n) is 4.08. The lowest BCUT2D eigenvalue weighted by molar-refractivity contribution is 0.0953. The van der Waals surface area contributed by atoms with Gasteiger partial charge in [-0.2, -0.15) is 0 Å². The highest BCUT2D eigenvalue weighted by Crippen LogP contribution is 2.11. The Morgan fingerprint density at radius 3 is 3.14 bits per heavy atom. The number of carbonyl (C=O) groups excluding carboxylic acids is 1. The average Bonchev–Trinajstić information content (AvgIpc) is 2.18. The van der Waals surface area contributed by atoms with Gasteiger partial charge in [-0.15, -0.1) is 12.3 Å². The lowest BCUT2D eigenvalue weighted by Gasteiger charge is -2.03. The molecule has 1 heterocycles. The molecule has 3 nitrogen and oxygen atoms in total. The Balaban J connectivity index is 2.62. The number of rotatable bonds is 3. The topological polar surface area (TPSA) is 42.0 Å². The average molecular weight is 253 g/mol. The van der Waals surface area contributed by atoms with Crippen LogP contribution in [0.1, 0.15) is 16.8 Å². The highest BCUT2D eigenvalue weighted by molar-refractivity contribution is 9.10. The van der Waals surface area contributed by atoms with Crippen molar-refractivity contribution in [3.05, 3.63) is 28.5 Å². The molecule has 0 aliphatic rings. The number of hydrogen-bond donors (Lipinski definition) is 1. The molecule has 0 saturated carbocycles. The van der Waals surface area contributed by atoms with Gasteiger partial charge in [0.05, 0.1) is 5.56 Å². The molecule has 1 rings (SSSR count). The van der Waals surface area contributed by atoms with Crippen molar-refractivity contribution in [1.29, 1.82) is 0 Å². The van der Waals surface area contributed by atoms with E-state index in [1.54, 1.807) is 18.3 Å². The largest absolute Gasteiger partial charge is 0.351 e. The highest BCUT2D eigenvalue weighted by Gasteiger charge is 2.08. The molecule has 1 aromatic rings. The van der Waals surface area contributed by atoms with Crippen LogP contribution in [0, 0.1) is 12.3 Å². The Bertz CT molecular complexity index is 371. The van der Waals surface area contributed by atoms with Gasteiger partial charge in [-0.05, 0) is 28.1 Å². The van der Waals surface area contributed by atoms with Gasteiger partial charge < -0.3 is 5.32 Å². The van der Waals surface area contributed by atoms with E-state index in [1.807, 2.05) is 0 Å². The van der Waals surface area contributed by atoms with E-state index in [9.17, 15) is 4.79 Å². The van der Waals surface area contributed by atoms with E-state index in [-0.39, 0.29) is 5.91 Å². The fourth-order valence-electron chi connectivity index (χ4n) is 0.899. The summed E-state index contributed by atoms with van der Waals surface area (Å²) >= 11 is 3.19. The number of aromatic nitrogens is 1. The number of terminal acetylenes is 1. The summed E-state index contributed by atoms with van der Waals surface area (Å²) in [7, 11) is 0. The van der Waals surface area contributed by atoms with Crippen LogP contribution >= 0.6 is 15.9 Å². The van der Waals surface area contributed by atoms with Crippen molar-refractivity contribution in [2.75, 3.05) is 6.54 Å². The molecule has 72 valence electrons. The van der Waals surface area contributed by atoms with E-state index >= 15 is 0 Å². The first-order valence-corrected chi connectivity index (χ1v) is 4.87. The number of nitrogens with one attached hydrogen (secondary N) is 1. The number of hydrogen-bond acceptors (Lipinski definition) is 2. The van der Waals surface area contributed by atoms with Crippen molar-refractivity contribution in [2.45, 2.75) is 6.42 Å². The second kappa shape index (κ2) is 5.40. The lowest BCUT2D eigenvalue weighted by atomic mass is 10.2. The zero-order valence-corrected chi connectivity index (χ0v) is 9.04. The second-order valence-electron chi connectivity index (χ2n) is 2.55. The summed E-state index contributed by atoms with van der Waals surface area (Å²) < 4.78 is 0.540. The maximum Gasteiger partial charge on any atom is 0.254 e. The number of amides is 1. The zero-order valence-electron chi connectivity index (χ0n) is 7.46. The molecular weight excluding hydrogens is 244 g/mol. The third-order valence-electron chi connectivity index (χ3n) is 1.56. The van der Waals surface area contributed by atoms with Gasteiger partial charge in [0.2, 0.25) is 0 Å². The predicted octanol–water partition coefficient (Wildman–Crippen LogP) is 1.60. The van der Waals surface area contributed by atoms with Crippen LogP contribution in [0.4, 0.5) is 0 Å². The van der Waals surface area contributed by atoms with E-state index < -0.39 is 0 Å². The quantitative estimate of drug-likeness (QED) is 0.505. The SMILES string of the molecule is C#CCCNC(=O)c1cccnc1Br. The molecule has 1 aromatic heterocycles. The Hall–Kier alpha value is -1.34. The molecule has 4 heteroatoms. The zero-order chi connectivity index (χ0) is 10.4. The van der Waals surface area contributed by atoms with Crippen molar-refractivity contribution in [3.63, 3.8) is 0 Å². The highest BCUT2D eigenvalue weighted by atomic mass is 79.9. The van der Waals surface area contributed by atoms with Crippen LogP contribution < -0.4 is 5.32 Å². The summed E-state index contributed by atoms with van der Waals surface area (Å²) in [6.45, 7) is 0.483. The molecule has 0 radical (unpaired) electrons. The predicted molar refractivity (Wildman–Crippen MR) is 57.7 cm³/mol. The first kappa shape index (κ1) is 10.7. The van der Waals surface area contributed by atoms with Crippen LogP contribution in [0.5, 0.6) is 0 Å². The Labute approximate surface area is 91.1 Å². The monoisotopic (exact) mass is 252 g/mol. The fourth-order valence-corrected chi connectivity index (χ4v) is 1.33. The summed E-state index contributed by atoms with van der Waals surface area (Å²) in [6.07, 6.45) is 7.21. The third kappa shape index (κ3) is 2.86. The summed E-state index contributed by atoms with van der Waals surface area (Å²) in [4.78, 5) is 15.4. The van der Waals surface area contributed by atoms with E-state index in [2.05, 4.69) is 32.2 Å². The molecule has 0 aliphatic carbocycles. The van der Waals surface area contributed by atoms with Gasteiger partial charge in [-0.3, -0.25) is 4.79 Å². The van der Waals surface area contributed by atoms with Gasteiger partial charge >= 0.3 is 0 Å². The van der Waals surface area contributed by atoms with Crippen LogP contribution in [-0.2, 0) is 0 Å². The van der Waals surface area contributed by atoms with Crippen molar-refractivity contribution in [1.82, 2.24) is 10.3 Å². The van der Waals surface area contributed by atoms with Crippen molar-refractivity contribution in [3.8, 4) is 12.3 Å². The normalized spacial score (nSPS) is 9.14. The maximum atomic E-state index is 11.5. The summed E-state index contributed by atoms with van der Waals surface area (Å²) in [6, 6.07) is 3.41.